The number of rotatable bonds is 3. The number of nitrogens with one attached hydrogen (secondary N) is 1. The van der Waals surface area contributed by atoms with Crippen molar-refractivity contribution in [2.45, 2.75) is 44.4 Å². The maximum atomic E-state index is 9.78. The smallest absolute Gasteiger partial charge is 0.220 e. The van der Waals surface area contributed by atoms with E-state index in [0.29, 0.717) is 41.8 Å². The predicted molar refractivity (Wildman–Crippen MR) is 115 cm³/mol. The van der Waals surface area contributed by atoms with Crippen molar-refractivity contribution in [2.24, 2.45) is 9.98 Å². The van der Waals surface area contributed by atoms with E-state index in [0.717, 1.165) is 40.4 Å². The number of aliphatic imine (C=N–C) groups is 1. The Morgan fingerprint density at radius 1 is 1.26 bits per heavy atom. The zero-order valence-electron chi connectivity index (χ0n) is 17.3. The molecule has 0 spiro atoms. The Morgan fingerprint density at radius 2 is 2.13 bits per heavy atom. The summed E-state index contributed by atoms with van der Waals surface area (Å²) in [5, 5.41) is 22.9. The Balaban J connectivity index is 1.63. The van der Waals surface area contributed by atoms with Gasteiger partial charge in [-0.05, 0) is 30.9 Å². The van der Waals surface area contributed by atoms with Gasteiger partial charge in [0.2, 0.25) is 5.96 Å². The molecule has 0 saturated heterocycles. The van der Waals surface area contributed by atoms with Crippen LogP contribution in [-0.4, -0.2) is 52.0 Å². The Labute approximate surface area is 183 Å². The first-order valence-electron chi connectivity index (χ1n) is 10.2. The highest BCUT2D eigenvalue weighted by atomic mass is 35.5. The van der Waals surface area contributed by atoms with Gasteiger partial charge in [0, 0.05) is 29.3 Å². The number of ether oxygens (including phenoxy) is 2. The minimum absolute atomic E-state index is 0.184. The summed E-state index contributed by atoms with van der Waals surface area (Å²) in [5.74, 6) is 1.87. The van der Waals surface area contributed by atoms with E-state index in [-0.39, 0.29) is 12.1 Å². The third-order valence-corrected chi connectivity index (χ3v) is 6.32. The second-order valence-corrected chi connectivity index (χ2v) is 8.22. The van der Waals surface area contributed by atoms with Crippen LogP contribution in [0.25, 0.3) is 11.2 Å². The minimum atomic E-state index is -0.255. The molecule has 2 aromatic heterocycles. The van der Waals surface area contributed by atoms with Gasteiger partial charge in [-0.3, -0.25) is 4.40 Å². The number of halogens is 1. The summed E-state index contributed by atoms with van der Waals surface area (Å²) in [6.45, 7) is 0.469. The fourth-order valence-corrected chi connectivity index (χ4v) is 4.60. The maximum Gasteiger partial charge on any atom is 0.220 e. The van der Waals surface area contributed by atoms with Gasteiger partial charge in [0.25, 0.3) is 0 Å². The molecule has 31 heavy (non-hydrogen) atoms. The van der Waals surface area contributed by atoms with Crippen molar-refractivity contribution in [3.63, 3.8) is 0 Å². The normalized spacial score (nSPS) is 25.0. The second-order valence-electron chi connectivity index (χ2n) is 7.84. The van der Waals surface area contributed by atoms with Crippen molar-refractivity contribution in [3.8, 4) is 0 Å². The monoisotopic (exact) mass is 442 g/mol. The van der Waals surface area contributed by atoms with E-state index in [1.165, 1.54) is 0 Å². The van der Waals surface area contributed by atoms with Crippen molar-refractivity contribution in [1.82, 2.24) is 19.9 Å². The number of allylic oxidation sites excluding steroid dienone is 3. The lowest BCUT2D eigenvalue weighted by atomic mass is 10.0. The van der Waals surface area contributed by atoms with Crippen molar-refractivity contribution in [3.05, 3.63) is 51.3 Å². The van der Waals surface area contributed by atoms with Gasteiger partial charge >= 0.3 is 0 Å². The summed E-state index contributed by atoms with van der Waals surface area (Å²) in [6.07, 6.45) is 6.12. The van der Waals surface area contributed by atoms with Crippen LogP contribution in [0.3, 0.4) is 0 Å². The second kappa shape index (κ2) is 7.97. The highest BCUT2D eigenvalue weighted by molar-refractivity contribution is 6.36. The summed E-state index contributed by atoms with van der Waals surface area (Å²) in [5.41, 5.74) is 3.20. The van der Waals surface area contributed by atoms with Crippen molar-refractivity contribution >= 4 is 28.8 Å². The average Bonchev–Trinajstić information content (AvgIpc) is 3.43. The molecule has 2 unspecified atom stereocenters. The molecule has 5 rings (SSSR count). The molecule has 3 heterocycles. The predicted octanol–water partition coefficient (Wildman–Crippen LogP) is 0.903. The summed E-state index contributed by atoms with van der Waals surface area (Å²) in [6, 6.07) is 2.20. The van der Waals surface area contributed by atoms with Gasteiger partial charge in [-0.25, -0.2) is 4.99 Å². The molecule has 3 aliphatic rings. The lowest BCUT2D eigenvalue weighted by molar-refractivity contribution is 0.180. The quantitative estimate of drug-likeness (QED) is 0.731. The Hall–Kier alpha value is -2.91. The van der Waals surface area contributed by atoms with Crippen LogP contribution in [0.4, 0.5) is 0 Å². The number of methoxy groups -OCH3 is 2. The van der Waals surface area contributed by atoms with Gasteiger partial charge in [0.05, 0.1) is 31.9 Å². The zero-order valence-corrected chi connectivity index (χ0v) is 18.1. The van der Waals surface area contributed by atoms with E-state index < -0.39 is 0 Å². The summed E-state index contributed by atoms with van der Waals surface area (Å²) >= 11 is 6.66. The largest absolute Gasteiger partial charge is 0.501 e. The standard InChI is InChI=1S/C21H23ClN6O3/c1-30-14-7-15(18(22)17(8-14)31-2)16-5-11-9-23-21(25-12-3-4-13(29)6-12)26-19(11)28-10-24-27-20(16)28/h5,8,10,12-13,29H,3-4,6-7,9H2,1-2H3,(H,23,25). The number of aliphatic hydroxyl groups excluding tert-OH is 1. The average molecular weight is 443 g/mol. The number of fused-ring (bicyclic) bond motifs is 3. The molecule has 1 fully saturated rings. The van der Waals surface area contributed by atoms with Crippen molar-refractivity contribution in [2.75, 3.05) is 14.2 Å². The van der Waals surface area contributed by atoms with Crippen LogP contribution in [0.15, 0.2) is 45.0 Å². The number of hydrogen-bond donors (Lipinski definition) is 2. The van der Waals surface area contributed by atoms with Crippen LogP contribution < -0.4 is 16.0 Å². The summed E-state index contributed by atoms with van der Waals surface area (Å²) < 4.78 is 12.8. The molecule has 0 radical (unpaired) electrons. The first kappa shape index (κ1) is 20.0. The Bertz CT molecular complexity index is 1260. The molecule has 0 bridgehead atoms. The number of aromatic nitrogens is 3. The van der Waals surface area contributed by atoms with Crippen LogP contribution in [-0.2, 0) is 16.0 Å². The lowest BCUT2D eigenvalue weighted by Crippen LogP contribution is -2.38. The van der Waals surface area contributed by atoms with E-state index in [1.807, 2.05) is 10.5 Å². The molecule has 9 nitrogen and oxygen atoms in total. The van der Waals surface area contributed by atoms with Gasteiger partial charge < -0.3 is 19.9 Å². The zero-order chi connectivity index (χ0) is 21.5. The van der Waals surface area contributed by atoms with E-state index >= 15 is 0 Å². The highest BCUT2D eigenvalue weighted by Gasteiger charge is 2.25. The third kappa shape index (κ3) is 3.57. The minimum Gasteiger partial charge on any atom is -0.501 e. The molecule has 2 atom stereocenters. The topological polar surface area (TPSA) is 106 Å². The number of hydrogen-bond acceptors (Lipinski definition) is 8. The summed E-state index contributed by atoms with van der Waals surface area (Å²) in [4.78, 5) is 9.33. The van der Waals surface area contributed by atoms with E-state index in [9.17, 15) is 5.11 Å². The first-order valence-corrected chi connectivity index (χ1v) is 10.6. The third-order valence-electron chi connectivity index (χ3n) is 5.90. The van der Waals surface area contributed by atoms with Gasteiger partial charge in [0.1, 0.15) is 23.3 Å². The van der Waals surface area contributed by atoms with E-state index in [4.69, 9.17) is 26.1 Å². The highest BCUT2D eigenvalue weighted by Crippen LogP contribution is 2.33. The Morgan fingerprint density at radius 3 is 2.87 bits per heavy atom. The van der Waals surface area contributed by atoms with Crippen LogP contribution in [0.5, 0.6) is 0 Å². The van der Waals surface area contributed by atoms with E-state index in [2.05, 4.69) is 20.5 Å². The van der Waals surface area contributed by atoms with Crippen LogP contribution >= 0.6 is 11.6 Å². The number of nitrogens with zero attached hydrogens (tertiary/aromatic N) is 5. The van der Waals surface area contributed by atoms with Crippen molar-refractivity contribution in [1.29, 1.82) is 0 Å². The molecule has 0 aromatic carbocycles. The fraction of sp³-hybridized carbons (Fsp3) is 0.429. The van der Waals surface area contributed by atoms with Crippen LogP contribution in [0.2, 0.25) is 0 Å². The maximum absolute atomic E-state index is 9.78. The van der Waals surface area contributed by atoms with Gasteiger partial charge in [-0.2, -0.15) is 4.99 Å². The summed E-state index contributed by atoms with van der Waals surface area (Å²) in [7, 11) is 3.20. The molecule has 2 aromatic rings. The fourth-order valence-electron chi connectivity index (χ4n) is 4.30. The van der Waals surface area contributed by atoms with Gasteiger partial charge in [-0.15, -0.1) is 10.2 Å². The molecule has 2 N–H and O–H groups in total. The molecular weight excluding hydrogens is 420 g/mol. The number of pyridine rings is 1. The first-order chi connectivity index (χ1) is 15.1. The lowest BCUT2D eigenvalue weighted by Gasteiger charge is -2.19. The molecule has 162 valence electrons. The van der Waals surface area contributed by atoms with E-state index in [1.54, 1.807) is 26.6 Å². The molecule has 1 saturated carbocycles. The molecule has 0 amide bonds. The number of aliphatic hydroxyl groups is 1. The molecule has 10 heteroatoms. The van der Waals surface area contributed by atoms with Crippen LogP contribution in [0.1, 0.15) is 31.2 Å². The molecular formula is C21H23ClN6O3. The Kier molecular flexibility index (Phi) is 5.15. The van der Waals surface area contributed by atoms with Gasteiger partial charge in [-0.1, -0.05) is 11.6 Å². The van der Waals surface area contributed by atoms with Crippen molar-refractivity contribution < 1.29 is 14.6 Å². The van der Waals surface area contributed by atoms with Crippen LogP contribution in [0, 0.1) is 0 Å². The number of guanidine groups is 1. The SMILES string of the molecule is COC1=CC(OC)=C(Cl)C(=c2cc3c(n4cnnc24)=NC(NC2CCC(O)C2)=NC3)C1. The molecule has 1 aliphatic heterocycles. The molecule has 2 aliphatic carbocycles. The van der Waals surface area contributed by atoms with Gasteiger partial charge in [0.15, 0.2) is 5.65 Å².